The van der Waals surface area contributed by atoms with E-state index in [1.807, 2.05) is 37.4 Å². The zero-order chi connectivity index (χ0) is 11.1. The van der Waals surface area contributed by atoms with Gasteiger partial charge in [-0.3, -0.25) is 4.79 Å². The van der Waals surface area contributed by atoms with Crippen molar-refractivity contribution in [2.24, 2.45) is 0 Å². The highest BCUT2D eigenvalue weighted by molar-refractivity contribution is 6.15. The van der Waals surface area contributed by atoms with Crippen LogP contribution < -0.4 is 4.90 Å². The van der Waals surface area contributed by atoms with Crippen molar-refractivity contribution in [1.29, 1.82) is 0 Å². The Kier molecular flexibility index (Phi) is 1.96. The van der Waals surface area contributed by atoms with Gasteiger partial charge in [-0.15, -0.1) is 0 Å². The Balaban J connectivity index is 2.21. The largest absolute Gasteiger partial charge is 0.363 e. The number of ketones is 1. The minimum Gasteiger partial charge on any atom is -0.363 e. The molecule has 0 fully saturated rings. The van der Waals surface area contributed by atoms with Crippen LogP contribution in [0.4, 0.5) is 5.69 Å². The van der Waals surface area contributed by atoms with Gasteiger partial charge in [0, 0.05) is 23.9 Å². The van der Waals surface area contributed by atoms with E-state index in [9.17, 15) is 4.79 Å². The summed E-state index contributed by atoms with van der Waals surface area (Å²) in [5, 5.41) is 0. The summed E-state index contributed by atoms with van der Waals surface area (Å²) in [4.78, 5) is 14.4. The van der Waals surface area contributed by atoms with E-state index in [2.05, 4.69) is 17.1 Å². The number of Topliss-reactive ketones (excluding diaryl/α,β-unsaturated/α-hetero) is 1. The molecule has 80 valence electrons. The number of allylic oxidation sites excluding steroid dienone is 2. The van der Waals surface area contributed by atoms with Crippen LogP contribution >= 0.6 is 0 Å². The number of anilines is 1. The molecule has 0 bridgehead atoms. The normalized spacial score (nSPS) is 22.6. The summed E-state index contributed by atoms with van der Waals surface area (Å²) in [7, 11) is 2.04. The number of likely N-dealkylation sites (N-methyl/N-ethyl adjacent to an activating group) is 1. The van der Waals surface area contributed by atoms with Crippen LogP contribution in [0.15, 0.2) is 48.1 Å². The van der Waals surface area contributed by atoms with Crippen molar-refractivity contribution in [3.63, 3.8) is 0 Å². The van der Waals surface area contributed by atoms with Crippen molar-refractivity contribution in [3.05, 3.63) is 53.6 Å². The van der Waals surface area contributed by atoms with Crippen molar-refractivity contribution < 1.29 is 4.79 Å². The van der Waals surface area contributed by atoms with Gasteiger partial charge in [-0.1, -0.05) is 30.4 Å². The van der Waals surface area contributed by atoms with Gasteiger partial charge >= 0.3 is 0 Å². The lowest BCUT2D eigenvalue weighted by Crippen LogP contribution is -2.40. The maximum atomic E-state index is 12.3. The quantitative estimate of drug-likeness (QED) is 0.615. The van der Waals surface area contributed by atoms with Crippen LogP contribution in [-0.2, 0) is 0 Å². The number of hydrogen-bond donors (Lipinski definition) is 0. The molecule has 0 radical (unpaired) electrons. The Morgan fingerprint density at radius 2 is 2.12 bits per heavy atom. The number of carbonyl (C=O) groups excluding carboxylic acids is 1. The maximum Gasteiger partial charge on any atom is 0.193 e. The molecular formula is C14H13NO. The van der Waals surface area contributed by atoms with Crippen LogP contribution in [0.3, 0.4) is 0 Å². The van der Waals surface area contributed by atoms with Gasteiger partial charge in [0.1, 0.15) is 0 Å². The zero-order valence-electron chi connectivity index (χ0n) is 9.18. The van der Waals surface area contributed by atoms with Gasteiger partial charge < -0.3 is 4.90 Å². The molecule has 0 saturated heterocycles. The van der Waals surface area contributed by atoms with Crippen LogP contribution in [0.2, 0.25) is 0 Å². The summed E-state index contributed by atoms with van der Waals surface area (Å²) >= 11 is 0. The smallest absolute Gasteiger partial charge is 0.193 e. The van der Waals surface area contributed by atoms with Crippen molar-refractivity contribution in [2.45, 2.75) is 12.5 Å². The van der Waals surface area contributed by atoms with Gasteiger partial charge in [-0.25, -0.2) is 0 Å². The molecule has 1 heterocycles. The Morgan fingerprint density at radius 3 is 3.00 bits per heavy atom. The van der Waals surface area contributed by atoms with E-state index in [1.165, 1.54) is 0 Å². The van der Waals surface area contributed by atoms with Crippen LogP contribution in [0.1, 0.15) is 16.8 Å². The Morgan fingerprint density at radius 1 is 1.31 bits per heavy atom. The predicted octanol–water partition coefficient (Wildman–Crippen LogP) is 2.57. The third-order valence-corrected chi connectivity index (χ3v) is 3.32. The van der Waals surface area contributed by atoms with E-state index in [4.69, 9.17) is 0 Å². The second-order valence-electron chi connectivity index (χ2n) is 4.23. The molecule has 2 nitrogen and oxygen atoms in total. The molecule has 1 aromatic rings. The maximum absolute atomic E-state index is 12.3. The lowest BCUT2D eigenvalue weighted by Gasteiger charge is -2.36. The minimum atomic E-state index is 0.121. The molecule has 0 aromatic heterocycles. The topological polar surface area (TPSA) is 20.3 Å². The number of nitrogens with zero attached hydrogens (tertiary/aromatic N) is 1. The second kappa shape index (κ2) is 3.34. The van der Waals surface area contributed by atoms with Crippen molar-refractivity contribution in [1.82, 2.24) is 0 Å². The Hall–Kier alpha value is -1.83. The number of hydrogen-bond acceptors (Lipinski definition) is 2. The SMILES string of the molecule is CN1c2ccccc2C(=O)C2=CCC=CC21. The lowest BCUT2D eigenvalue weighted by atomic mass is 9.87. The summed E-state index contributed by atoms with van der Waals surface area (Å²) in [6, 6.07) is 7.93. The standard InChI is InChI=1S/C14H13NO/c1-15-12-8-4-2-6-10(12)14(16)11-7-3-5-9-13(11)15/h2,4-9,13H,3H2,1H3. The summed E-state index contributed by atoms with van der Waals surface area (Å²) in [6.07, 6.45) is 7.14. The number of rotatable bonds is 0. The first-order valence-corrected chi connectivity index (χ1v) is 5.52. The van der Waals surface area contributed by atoms with E-state index >= 15 is 0 Å². The highest BCUT2D eigenvalue weighted by Gasteiger charge is 2.32. The lowest BCUT2D eigenvalue weighted by molar-refractivity contribution is 0.102. The molecule has 1 atom stereocenters. The van der Waals surface area contributed by atoms with E-state index < -0.39 is 0 Å². The average molecular weight is 211 g/mol. The zero-order valence-corrected chi connectivity index (χ0v) is 9.18. The number of para-hydroxylation sites is 1. The molecule has 3 rings (SSSR count). The van der Waals surface area contributed by atoms with Gasteiger partial charge in [0.25, 0.3) is 0 Å². The molecule has 0 N–H and O–H groups in total. The van der Waals surface area contributed by atoms with E-state index in [0.717, 1.165) is 23.2 Å². The van der Waals surface area contributed by atoms with Gasteiger partial charge in [0.2, 0.25) is 0 Å². The molecular weight excluding hydrogens is 198 g/mol. The molecule has 16 heavy (non-hydrogen) atoms. The first-order valence-electron chi connectivity index (χ1n) is 5.52. The van der Waals surface area contributed by atoms with Gasteiger partial charge in [0.05, 0.1) is 6.04 Å². The fourth-order valence-corrected chi connectivity index (χ4v) is 2.47. The van der Waals surface area contributed by atoms with Crippen LogP contribution in [-0.4, -0.2) is 18.9 Å². The molecule has 0 spiro atoms. The predicted molar refractivity (Wildman–Crippen MR) is 64.8 cm³/mol. The van der Waals surface area contributed by atoms with Gasteiger partial charge in [-0.05, 0) is 18.6 Å². The summed E-state index contributed by atoms with van der Waals surface area (Å²) < 4.78 is 0. The third kappa shape index (κ3) is 1.16. The molecule has 2 heteroatoms. The van der Waals surface area contributed by atoms with E-state index in [1.54, 1.807) is 0 Å². The molecule has 1 aliphatic carbocycles. The molecule has 0 amide bonds. The molecule has 1 unspecified atom stereocenters. The third-order valence-electron chi connectivity index (χ3n) is 3.32. The molecule has 2 aliphatic rings. The van der Waals surface area contributed by atoms with Crippen molar-refractivity contribution >= 4 is 11.5 Å². The Bertz CT molecular complexity index is 513. The van der Waals surface area contributed by atoms with E-state index in [0.29, 0.717) is 0 Å². The fourth-order valence-electron chi connectivity index (χ4n) is 2.47. The fraction of sp³-hybridized carbons (Fsp3) is 0.214. The number of fused-ring (bicyclic) bond motifs is 2. The molecule has 1 aliphatic heterocycles. The highest BCUT2D eigenvalue weighted by Crippen LogP contribution is 2.34. The number of carbonyl (C=O) groups is 1. The highest BCUT2D eigenvalue weighted by atomic mass is 16.1. The second-order valence-corrected chi connectivity index (χ2v) is 4.23. The monoisotopic (exact) mass is 211 g/mol. The van der Waals surface area contributed by atoms with Crippen LogP contribution in [0, 0.1) is 0 Å². The average Bonchev–Trinajstić information content (AvgIpc) is 2.36. The summed E-state index contributed by atoms with van der Waals surface area (Å²) in [5.41, 5.74) is 2.77. The van der Waals surface area contributed by atoms with Gasteiger partial charge in [-0.2, -0.15) is 0 Å². The number of benzene rings is 1. The summed E-state index contributed by atoms with van der Waals surface area (Å²) in [5.74, 6) is 0.183. The Labute approximate surface area is 94.9 Å². The molecule has 1 aromatic carbocycles. The molecule has 0 saturated carbocycles. The van der Waals surface area contributed by atoms with Gasteiger partial charge in [0.15, 0.2) is 5.78 Å². The van der Waals surface area contributed by atoms with Crippen molar-refractivity contribution in [3.8, 4) is 0 Å². The van der Waals surface area contributed by atoms with Crippen molar-refractivity contribution in [2.75, 3.05) is 11.9 Å². The van der Waals surface area contributed by atoms with Crippen LogP contribution in [0.25, 0.3) is 0 Å². The van der Waals surface area contributed by atoms with Crippen LogP contribution in [0.5, 0.6) is 0 Å². The van der Waals surface area contributed by atoms with E-state index in [-0.39, 0.29) is 11.8 Å². The first-order chi connectivity index (χ1) is 7.79. The minimum absolute atomic E-state index is 0.121. The summed E-state index contributed by atoms with van der Waals surface area (Å²) in [6.45, 7) is 0. The first kappa shape index (κ1) is 9.40.